The van der Waals surface area contributed by atoms with Gasteiger partial charge in [0.2, 0.25) is 0 Å². The predicted octanol–water partition coefficient (Wildman–Crippen LogP) is 4.47. The number of aromatic nitrogens is 1. The number of piperazine rings is 1. The van der Waals surface area contributed by atoms with Gasteiger partial charge in [-0.05, 0) is 74.8 Å². The SMILES string of the molecule is CN(C)CCN(c1cccnc1N1CCN(c2ccc(Cl)cc2)CC1)S(=O)(=O)c1ccc(Cl)cc1. The van der Waals surface area contributed by atoms with Crippen LogP contribution in [0.1, 0.15) is 0 Å². The van der Waals surface area contributed by atoms with Crippen LogP contribution in [0.3, 0.4) is 0 Å². The fraction of sp³-hybridized carbons (Fsp3) is 0.320. The van der Waals surface area contributed by atoms with Gasteiger partial charge in [0.25, 0.3) is 10.0 Å². The number of pyridine rings is 1. The van der Waals surface area contributed by atoms with E-state index in [0.717, 1.165) is 31.9 Å². The summed E-state index contributed by atoms with van der Waals surface area (Å²) in [5.41, 5.74) is 1.69. The van der Waals surface area contributed by atoms with E-state index in [1.807, 2.05) is 49.3 Å². The minimum Gasteiger partial charge on any atom is -0.368 e. The second-order valence-electron chi connectivity index (χ2n) is 8.63. The molecule has 4 rings (SSSR count). The number of hydrogen-bond donors (Lipinski definition) is 0. The van der Waals surface area contributed by atoms with Crippen LogP contribution in [0, 0.1) is 0 Å². The second kappa shape index (κ2) is 11.0. The van der Waals surface area contributed by atoms with Crippen LogP contribution in [0.15, 0.2) is 71.8 Å². The van der Waals surface area contributed by atoms with E-state index in [9.17, 15) is 8.42 Å². The molecule has 7 nitrogen and oxygen atoms in total. The second-order valence-corrected chi connectivity index (χ2v) is 11.4. The van der Waals surface area contributed by atoms with Gasteiger partial charge in [-0.25, -0.2) is 13.4 Å². The zero-order chi connectivity index (χ0) is 25.0. The van der Waals surface area contributed by atoms with Crippen LogP contribution in [0.25, 0.3) is 0 Å². The lowest BCUT2D eigenvalue weighted by molar-refractivity contribution is 0.419. The Morgan fingerprint density at radius 2 is 1.40 bits per heavy atom. The fourth-order valence-corrected chi connectivity index (χ4v) is 5.76. The molecule has 2 heterocycles. The minimum absolute atomic E-state index is 0.197. The van der Waals surface area contributed by atoms with Gasteiger partial charge >= 0.3 is 0 Å². The molecule has 0 aliphatic carbocycles. The van der Waals surface area contributed by atoms with Gasteiger partial charge in [-0.2, -0.15) is 0 Å². The van der Waals surface area contributed by atoms with Crippen LogP contribution in [-0.2, 0) is 10.0 Å². The van der Waals surface area contributed by atoms with Crippen molar-refractivity contribution in [1.29, 1.82) is 0 Å². The quantitative estimate of drug-likeness (QED) is 0.425. The lowest BCUT2D eigenvalue weighted by Crippen LogP contribution is -2.47. The highest BCUT2D eigenvalue weighted by Gasteiger charge is 2.30. The van der Waals surface area contributed by atoms with E-state index in [1.54, 1.807) is 36.5 Å². The molecule has 0 bridgehead atoms. The molecule has 0 spiro atoms. The first-order valence-corrected chi connectivity index (χ1v) is 13.6. The van der Waals surface area contributed by atoms with Crippen LogP contribution in [0.5, 0.6) is 0 Å². The number of sulfonamides is 1. The van der Waals surface area contributed by atoms with E-state index in [0.29, 0.717) is 34.6 Å². The Morgan fingerprint density at radius 3 is 2.00 bits per heavy atom. The van der Waals surface area contributed by atoms with Gasteiger partial charge in [0.1, 0.15) is 0 Å². The number of rotatable bonds is 8. The summed E-state index contributed by atoms with van der Waals surface area (Å²) in [7, 11) is 0.0206. The van der Waals surface area contributed by atoms with Gasteiger partial charge in [0.15, 0.2) is 5.82 Å². The number of halogens is 2. The largest absolute Gasteiger partial charge is 0.368 e. The average molecular weight is 535 g/mol. The summed E-state index contributed by atoms with van der Waals surface area (Å²) in [6, 6.07) is 17.7. The summed E-state index contributed by atoms with van der Waals surface area (Å²) in [4.78, 5) is 11.2. The molecule has 0 amide bonds. The molecule has 0 saturated carbocycles. The predicted molar refractivity (Wildman–Crippen MR) is 145 cm³/mol. The van der Waals surface area contributed by atoms with Crippen LogP contribution in [0.4, 0.5) is 17.2 Å². The van der Waals surface area contributed by atoms with E-state index in [-0.39, 0.29) is 4.90 Å². The molecule has 1 fully saturated rings. The summed E-state index contributed by atoms with van der Waals surface area (Å²) in [6.07, 6.45) is 1.71. The number of likely N-dealkylation sites (N-methyl/N-ethyl adjacent to an activating group) is 1. The molecule has 0 radical (unpaired) electrons. The molecule has 1 aliphatic rings. The van der Waals surface area contributed by atoms with E-state index in [1.165, 1.54) is 4.31 Å². The third-order valence-corrected chi connectivity index (χ3v) is 8.29. The van der Waals surface area contributed by atoms with Crippen molar-refractivity contribution in [1.82, 2.24) is 9.88 Å². The Bertz CT molecular complexity index is 1230. The first-order valence-electron chi connectivity index (χ1n) is 11.4. The first-order chi connectivity index (χ1) is 16.8. The molecule has 186 valence electrons. The van der Waals surface area contributed by atoms with Crippen LogP contribution < -0.4 is 14.1 Å². The highest BCUT2D eigenvalue weighted by molar-refractivity contribution is 7.92. The van der Waals surface area contributed by atoms with Crippen molar-refractivity contribution in [2.45, 2.75) is 4.90 Å². The molecule has 2 aromatic carbocycles. The van der Waals surface area contributed by atoms with Crippen LogP contribution >= 0.6 is 23.2 Å². The maximum absolute atomic E-state index is 13.8. The summed E-state index contributed by atoms with van der Waals surface area (Å²) < 4.78 is 29.0. The third kappa shape index (κ3) is 6.01. The van der Waals surface area contributed by atoms with Crippen molar-refractivity contribution in [2.75, 3.05) is 67.5 Å². The van der Waals surface area contributed by atoms with Crippen molar-refractivity contribution in [3.05, 3.63) is 76.9 Å². The topological polar surface area (TPSA) is 60.0 Å². The number of hydrogen-bond acceptors (Lipinski definition) is 6. The first kappa shape index (κ1) is 25.6. The molecule has 1 saturated heterocycles. The molecule has 10 heteroatoms. The Labute approximate surface area is 217 Å². The number of nitrogens with zero attached hydrogens (tertiary/aromatic N) is 5. The summed E-state index contributed by atoms with van der Waals surface area (Å²) >= 11 is 12.0. The lowest BCUT2D eigenvalue weighted by atomic mass is 10.2. The molecule has 3 aromatic rings. The zero-order valence-corrected chi connectivity index (χ0v) is 22.1. The zero-order valence-electron chi connectivity index (χ0n) is 19.8. The molecular formula is C25H29Cl2N5O2S. The van der Waals surface area contributed by atoms with Crippen molar-refractivity contribution < 1.29 is 8.42 Å². The summed E-state index contributed by atoms with van der Waals surface area (Å²) in [5.74, 6) is 0.666. The van der Waals surface area contributed by atoms with Crippen LogP contribution in [-0.4, -0.2) is 71.7 Å². The third-order valence-electron chi connectivity index (χ3n) is 5.96. The smallest absolute Gasteiger partial charge is 0.264 e. The van der Waals surface area contributed by atoms with Crippen molar-refractivity contribution in [3.63, 3.8) is 0 Å². The summed E-state index contributed by atoms with van der Waals surface area (Å²) in [5, 5.41) is 1.20. The molecule has 0 atom stereocenters. The molecule has 0 unspecified atom stereocenters. The Balaban J connectivity index is 1.62. The maximum Gasteiger partial charge on any atom is 0.264 e. The Kier molecular flexibility index (Phi) is 8.06. The van der Waals surface area contributed by atoms with E-state index in [2.05, 4.69) is 14.8 Å². The maximum atomic E-state index is 13.8. The van der Waals surface area contributed by atoms with Gasteiger partial charge < -0.3 is 14.7 Å². The number of benzene rings is 2. The molecular weight excluding hydrogens is 505 g/mol. The Morgan fingerprint density at radius 1 is 0.829 bits per heavy atom. The highest BCUT2D eigenvalue weighted by atomic mass is 35.5. The standard InChI is InChI=1S/C25H29Cl2N5O2S/c1-29(2)14-19-32(35(33,34)23-11-7-21(27)8-12-23)24-4-3-13-28-25(24)31-17-15-30(16-18-31)22-9-5-20(26)6-10-22/h3-13H,14-19H2,1-2H3. The average Bonchev–Trinajstić information content (AvgIpc) is 2.85. The van der Waals surface area contributed by atoms with Gasteiger partial charge in [-0.1, -0.05) is 23.2 Å². The monoisotopic (exact) mass is 533 g/mol. The molecule has 35 heavy (non-hydrogen) atoms. The van der Waals surface area contributed by atoms with Crippen molar-refractivity contribution in [3.8, 4) is 0 Å². The van der Waals surface area contributed by atoms with Crippen molar-refractivity contribution >= 4 is 50.4 Å². The lowest BCUT2D eigenvalue weighted by Gasteiger charge is -2.38. The normalized spacial score (nSPS) is 14.4. The Hall–Kier alpha value is -2.52. The van der Waals surface area contributed by atoms with E-state index < -0.39 is 10.0 Å². The van der Waals surface area contributed by atoms with Gasteiger partial charge in [-0.15, -0.1) is 0 Å². The highest BCUT2D eigenvalue weighted by Crippen LogP contribution is 2.33. The van der Waals surface area contributed by atoms with E-state index >= 15 is 0 Å². The van der Waals surface area contributed by atoms with E-state index in [4.69, 9.17) is 23.2 Å². The molecule has 1 aromatic heterocycles. The fourth-order valence-electron chi connectivity index (χ4n) is 4.05. The molecule has 0 N–H and O–H groups in total. The van der Waals surface area contributed by atoms with Gasteiger partial charge in [0.05, 0.1) is 10.6 Å². The van der Waals surface area contributed by atoms with Gasteiger partial charge in [0, 0.05) is 61.2 Å². The number of anilines is 3. The van der Waals surface area contributed by atoms with Crippen LogP contribution in [0.2, 0.25) is 10.0 Å². The minimum atomic E-state index is -3.83. The summed E-state index contributed by atoms with van der Waals surface area (Å²) in [6.45, 7) is 3.87. The van der Waals surface area contributed by atoms with Gasteiger partial charge in [-0.3, -0.25) is 4.31 Å². The van der Waals surface area contributed by atoms with Crippen molar-refractivity contribution in [2.24, 2.45) is 0 Å². The molecule has 1 aliphatic heterocycles.